The molecule has 0 amide bonds. The molecule has 1 unspecified atom stereocenters. The second kappa shape index (κ2) is 15.2. The third-order valence-corrected chi connectivity index (χ3v) is 4.57. The van der Waals surface area contributed by atoms with E-state index in [1.807, 2.05) is 13.0 Å². The monoisotopic (exact) mass is 535 g/mol. The van der Waals surface area contributed by atoms with Crippen LogP contribution in [0.25, 0.3) is 0 Å². The highest BCUT2D eigenvalue weighted by atomic mass is 127. The number of nitrogens with one attached hydrogen (secondary N) is 2. The van der Waals surface area contributed by atoms with Crippen molar-refractivity contribution in [2.45, 2.75) is 26.3 Å². The Morgan fingerprint density at radius 3 is 2.80 bits per heavy atom. The van der Waals surface area contributed by atoms with Crippen LogP contribution in [0.3, 0.4) is 0 Å². The lowest BCUT2D eigenvalue weighted by Gasteiger charge is -2.13. The first-order chi connectivity index (χ1) is 14.2. The summed E-state index contributed by atoms with van der Waals surface area (Å²) in [6.45, 7) is 7.14. The van der Waals surface area contributed by atoms with Crippen LogP contribution in [-0.4, -0.2) is 65.7 Å². The number of guanidine groups is 1. The van der Waals surface area contributed by atoms with Crippen LogP contribution in [0.4, 0.5) is 0 Å². The Morgan fingerprint density at radius 1 is 1.30 bits per heavy atom. The zero-order chi connectivity index (χ0) is 20.9. The Balaban J connectivity index is 0.00000450. The summed E-state index contributed by atoms with van der Waals surface area (Å²) in [6.07, 6.45) is 1.99. The molecule has 0 aromatic heterocycles. The number of carbonyl (C=O) groups excluding carboxylic acids is 1. The van der Waals surface area contributed by atoms with Crippen molar-refractivity contribution in [3.05, 3.63) is 29.3 Å². The molecule has 9 heteroatoms. The van der Waals surface area contributed by atoms with Crippen LogP contribution in [0.2, 0.25) is 0 Å². The maximum Gasteiger partial charge on any atom is 0.341 e. The van der Waals surface area contributed by atoms with Crippen LogP contribution in [0, 0.1) is 5.92 Å². The molecule has 1 saturated heterocycles. The van der Waals surface area contributed by atoms with Gasteiger partial charge in [0.2, 0.25) is 0 Å². The van der Waals surface area contributed by atoms with E-state index < -0.39 is 5.97 Å². The van der Waals surface area contributed by atoms with Crippen LogP contribution >= 0.6 is 24.0 Å². The fourth-order valence-electron chi connectivity index (χ4n) is 2.98. The number of methoxy groups -OCH3 is 2. The zero-order valence-electron chi connectivity index (χ0n) is 18.1. The second-order valence-corrected chi connectivity index (χ2v) is 6.81. The number of halogens is 1. The first kappa shape index (κ1) is 26.4. The van der Waals surface area contributed by atoms with Crippen molar-refractivity contribution in [2.75, 3.05) is 53.7 Å². The summed E-state index contributed by atoms with van der Waals surface area (Å²) in [4.78, 5) is 16.5. The van der Waals surface area contributed by atoms with E-state index in [0.29, 0.717) is 30.4 Å². The fraction of sp³-hybridized carbons (Fsp3) is 0.619. The predicted octanol–water partition coefficient (Wildman–Crippen LogP) is 2.60. The molecular weight excluding hydrogens is 501 g/mol. The van der Waals surface area contributed by atoms with Crippen LogP contribution in [-0.2, 0) is 20.8 Å². The van der Waals surface area contributed by atoms with E-state index in [1.165, 1.54) is 14.2 Å². The van der Waals surface area contributed by atoms with E-state index in [9.17, 15) is 4.79 Å². The molecule has 1 aliphatic heterocycles. The standard InChI is InChI=1S/C21H33N3O5.HI/c1-4-22-21(23-9-5-10-28-14-17-8-11-29-15-17)24-13-16-6-7-19(26-2)18(12-16)20(25)27-3;/h6-7,12,17H,4-5,8-11,13-15H2,1-3H3,(H2,22,23,24);1H. The summed E-state index contributed by atoms with van der Waals surface area (Å²) in [6, 6.07) is 5.39. The molecule has 2 rings (SSSR count). The van der Waals surface area contributed by atoms with Gasteiger partial charge in [0.15, 0.2) is 5.96 Å². The van der Waals surface area contributed by atoms with Crippen LogP contribution < -0.4 is 15.4 Å². The van der Waals surface area contributed by atoms with E-state index in [-0.39, 0.29) is 24.0 Å². The van der Waals surface area contributed by atoms with Crippen molar-refractivity contribution in [1.29, 1.82) is 0 Å². The number of ether oxygens (including phenoxy) is 4. The van der Waals surface area contributed by atoms with Gasteiger partial charge in [-0.1, -0.05) is 6.07 Å². The van der Waals surface area contributed by atoms with Gasteiger partial charge >= 0.3 is 5.97 Å². The lowest BCUT2D eigenvalue weighted by molar-refractivity contribution is 0.0597. The molecule has 0 aliphatic carbocycles. The highest BCUT2D eigenvalue weighted by Gasteiger charge is 2.15. The number of hydrogen-bond acceptors (Lipinski definition) is 6. The van der Waals surface area contributed by atoms with E-state index in [0.717, 1.165) is 57.3 Å². The van der Waals surface area contributed by atoms with Gasteiger partial charge in [0.25, 0.3) is 0 Å². The lowest BCUT2D eigenvalue weighted by Crippen LogP contribution is -2.38. The topological polar surface area (TPSA) is 90.4 Å². The van der Waals surface area contributed by atoms with Gasteiger partial charge in [-0.15, -0.1) is 24.0 Å². The molecule has 1 atom stereocenters. The molecule has 0 bridgehead atoms. The summed E-state index contributed by atoms with van der Waals surface area (Å²) in [5.74, 6) is 1.33. The molecule has 8 nitrogen and oxygen atoms in total. The Morgan fingerprint density at radius 2 is 2.13 bits per heavy atom. The molecule has 0 radical (unpaired) electrons. The van der Waals surface area contributed by atoms with Crippen molar-refractivity contribution in [3.8, 4) is 5.75 Å². The largest absolute Gasteiger partial charge is 0.496 e. The maximum absolute atomic E-state index is 11.9. The normalized spacial score (nSPS) is 16.0. The van der Waals surface area contributed by atoms with Crippen LogP contribution in [0.15, 0.2) is 23.2 Å². The molecule has 0 spiro atoms. The van der Waals surface area contributed by atoms with Gasteiger partial charge in [-0.05, 0) is 37.5 Å². The molecule has 1 aromatic carbocycles. The quantitative estimate of drug-likeness (QED) is 0.148. The highest BCUT2D eigenvalue weighted by molar-refractivity contribution is 14.0. The number of nitrogens with zero attached hydrogens (tertiary/aromatic N) is 1. The van der Waals surface area contributed by atoms with Gasteiger partial charge in [-0.25, -0.2) is 9.79 Å². The minimum absolute atomic E-state index is 0. The molecule has 2 N–H and O–H groups in total. The van der Waals surface area contributed by atoms with Gasteiger partial charge < -0.3 is 29.6 Å². The predicted molar refractivity (Wildman–Crippen MR) is 127 cm³/mol. The Bertz CT molecular complexity index is 666. The minimum Gasteiger partial charge on any atom is -0.496 e. The van der Waals surface area contributed by atoms with Crippen molar-refractivity contribution >= 4 is 35.9 Å². The number of aliphatic imine (C=N–C) groups is 1. The van der Waals surface area contributed by atoms with E-state index in [2.05, 4.69) is 15.6 Å². The molecule has 30 heavy (non-hydrogen) atoms. The summed E-state index contributed by atoms with van der Waals surface area (Å²) in [5, 5.41) is 6.53. The third kappa shape index (κ3) is 9.05. The van der Waals surface area contributed by atoms with Crippen molar-refractivity contribution in [3.63, 3.8) is 0 Å². The van der Waals surface area contributed by atoms with Gasteiger partial charge in [-0.2, -0.15) is 0 Å². The molecule has 1 heterocycles. The average Bonchev–Trinajstić information content (AvgIpc) is 3.27. The van der Waals surface area contributed by atoms with Crippen LogP contribution in [0.1, 0.15) is 35.7 Å². The van der Waals surface area contributed by atoms with Crippen LogP contribution in [0.5, 0.6) is 5.75 Å². The molecular formula is C21H34IN3O5. The summed E-state index contributed by atoms with van der Waals surface area (Å²) < 4.78 is 21.1. The maximum atomic E-state index is 11.9. The number of hydrogen-bond donors (Lipinski definition) is 2. The molecule has 1 aliphatic rings. The average molecular weight is 535 g/mol. The summed E-state index contributed by atoms with van der Waals surface area (Å²) in [7, 11) is 2.88. The van der Waals surface area contributed by atoms with Gasteiger partial charge in [0, 0.05) is 32.2 Å². The highest BCUT2D eigenvalue weighted by Crippen LogP contribution is 2.21. The molecule has 1 fully saturated rings. The Labute approximate surface area is 196 Å². The second-order valence-electron chi connectivity index (χ2n) is 6.81. The molecule has 1 aromatic rings. The Kier molecular flexibility index (Phi) is 13.4. The van der Waals surface area contributed by atoms with Gasteiger partial charge in [-0.3, -0.25) is 0 Å². The zero-order valence-corrected chi connectivity index (χ0v) is 20.4. The van der Waals surface area contributed by atoms with Gasteiger partial charge in [0.05, 0.1) is 34.0 Å². The number of carbonyl (C=O) groups is 1. The first-order valence-corrected chi connectivity index (χ1v) is 10.1. The minimum atomic E-state index is -0.429. The van der Waals surface area contributed by atoms with Crippen molar-refractivity contribution in [1.82, 2.24) is 10.6 Å². The van der Waals surface area contributed by atoms with E-state index >= 15 is 0 Å². The fourth-order valence-corrected chi connectivity index (χ4v) is 2.98. The SMILES string of the molecule is CCNC(=NCc1ccc(OC)c(C(=O)OC)c1)NCCCOCC1CCOC1.I. The lowest BCUT2D eigenvalue weighted by atomic mass is 10.1. The van der Waals surface area contributed by atoms with E-state index in [1.54, 1.807) is 12.1 Å². The number of esters is 1. The van der Waals surface area contributed by atoms with Gasteiger partial charge in [0.1, 0.15) is 11.3 Å². The summed E-state index contributed by atoms with van der Waals surface area (Å²) >= 11 is 0. The number of rotatable bonds is 11. The Hall–Kier alpha value is -1.59. The number of benzene rings is 1. The van der Waals surface area contributed by atoms with E-state index in [4.69, 9.17) is 18.9 Å². The van der Waals surface area contributed by atoms with Crippen molar-refractivity contribution in [2.24, 2.45) is 10.9 Å². The first-order valence-electron chi connectivity index (χ1n) is 10.1. The smallest absolute Gasteiger partial charge is 0.341 e. The van der Waals surface area contributed by atoms with Crippen molar-refractivity contribution < 1.29 is 23.7 Å². The molecule has 0 saturated carbocycles. The summed E-state index contributed by atoms with van der Waals surface area (Å²) in [5.41, 5.74) is 1.29. The third-order valence-electron chi connectivity index (χ3n) is 4.57. The molecule has 170 valence electrons.